The van der Waals surface area contributed by atoms with E-state index in [0.29, 0.717) is 5.69 Å². The van der Waals surface area contributed by atoms with Crippen LogP contribution in [0.1, 0.15) is 26.3 Å². The topological polar surface area (TPSA) is 15.3 Å². The molecule has 0 spiro atoms. The van der Waals surface area contributed by atoms with Crippen LogP contribution in [0, 0.1) is 5.82 Å². The lowest BCUT2D eigenvalue weighted by atomic mass is 10.1. The Bertz CT molecular complexity index is 585. The molecule has 0 aliphatic heterocycles. The highest BCUT2D eigenvalue weighted by Gasteiger charge is 2.10. The van der Waals surface area contributed by atoms with Crippen LogP contribution in [0.25, 0.3) is 0 Å². The lowest BCUT2D eigenvalue weighted by molar-refractivity contribution is 0.424. The van der Waals surface area contributed by atoms with Gasteiger partial charge < -0.3 is 10.2 Å². The molecule has 0 aliphatic rings. The van der Waals surface area contributed by atoms with Crippen molar-refractivity contribution in [2.75, 3.05) is 11.9 Å². The van der Waals surface area contributed by atoms with Gasteiger partial charge in [0.2, 0.25) is 0 Å². The molecule has 0 saturated carbocycles. The monoisotopic (exact) mass is 286 g/mol. The fourth-order valence-electron chi connectivity index (χ4n) is 2.07. The maximum atomic E-state index is 13.8. The van der Waals surface area contributed by atoms with Crippen LogP contribution in [-0.2, 0) is 6.54 Å². The van der Waals surface area contributed by atoms with E-state index >= 15 is 0 Å². The molecule has 112 valence electrons. The number of halogens is 1. The molecular formula is C18H23FN2. The number of anilines is 2. The maximum absolute atomic E-state index is 13.8. The summed E-state index contributed by atoms with van der Waals surface area (Å²) >= 11 is 0. The molecule has 2 nitrogen and oxygen atoms in total. The van der Waals surface area contributed by atoms with Gasteiger partial charge in [0.1, 0.15) is 5.82 Å². The van der Waals surface area contributed by atoms with Gasteiger partial charge in [-0.2, -0.15) is 0 Å². The molecule has 21 heavy (non-hydrogen) atoms. The molecule has 3 heteroatoms. The average Bonchev–Trinajstić information content (AvgIpc) is 2.45. The Balaban J connectivity index is 2.10. The predicted molar refractivity (Wildman–Crippen MR) is 87.5 cm³/mol. The molecule has 0 unspecified atom stereocenters. The van der Waals surface area contributed by atoms with Gasteiger partial charge in [-0.1, -0.05) is 24.3 Å². The van der Waals surface area contributed by atoms with Crippen LogP contribution >= 0.6 is 0 Å². The molecule has 0 heterocycles. The van der Waals surface area contributed by atoms with Crippen LogP contribution in [0.2, 0.25) is 0 Å². The van der Waals surface area contributed by atoms with Crippen LogP contribution in [-0.4, -0.2) is 12.6 Å². The van der Waals surface area contributed by atoms with E-state index in [9.17, 15) is 4.39 Å². The zero-order valence-electron chi connectivity index (χ0n) is 13.2. The predicted octanol–water partition coefficient (Wildman–Crippen LogP) is 4.48. The lowest BCUT2D eigenvalue weighted by Gasteiger charge is -2.22. The van der Waals surface area contributed by atoms with E-state index in [4.69, 9.17) is 0 Å². The first-order chi connectivity index (χ1) is 9.87. The quantitative estimate of drug-likeness (QED) is 0.891. The molecule has 0 saturated heterocycles. The summed E-state index contributed by atoms with van der Waals surface area (Å²) in [5, 5.41) is 3.45. The summed E-state index contributed by atoms with van der Waals surface area (Å²) in [5.74, 6) is -0.210. The Kier molecular flexibility index (Phi) is 4.63. The number of nitrogens with zero attached hydrogens (tertiary/aromatic N) is 1. The first-order valence-electron chi connectivity index (χ1n) is 7.19. The molecule has 0 bridgehead atoms. The Morgan fingerprint density at radius 3 is 2.19 bits per heavy atom. The van der Waals surface area contributed by atoms with Crippen LogP contribution < -0.4 is 10.2 Å². The number of benzene rings is 2. The molecule has 0 fully saturated rings. The van der Waals surface area contributed by atoms with Gasteiger partial charge in [0.25, 0.3) is 0 Å². The van der Waals surface area contributed by atoms with Crippen LogP contribution in [0.5, 0.6) is 0 Å². The number of hydrogen-bond acceptors (Lipinski definition) is 2. The van der Waals surface area contributed by atoms with Gasteiger partial charge in [-0.3, -0.25) is 0 Å². The fraction of sp³-hybridized carbons (Fsp3) is 0.333. The maximum Gasteiger partial charge on any atom is 0.146 e. The van der Waals surface area contributed by atoms with Crippen molar-refractivity contribution in [3.05, 3.63) is 59.9 Å². The highest BCUT2D eigenvalue weighted by atomic mass is 19.1. The van der Waals surface area contributed by atoms with Crippen LogP contribution in [0.3, 0.4) is 0 Å². The van der Waals surface area contributed by atoms with Gasteiger partial charge in [0.05, 0.1) is 5.69 Å². The Labute approximate surface area is 126 Å². The first kappa shape index (κ1) is 15.5. The van der Waals surface area contributed by atoms with Gasteiger partial charge in [0, 0.05) is 24.8 Å². The number of para-hydroxylation sites is 1. The first-order valence-corrected chi connectivity index (χ1v) is 7.19. The van der Waals surface area contributed by atoms with E-state index < -0.39 is 0 Å². The number of nitrogens with one attached hydrogen (secondary N) is 1. The van der Waals surface area contributed by atoms with Crippen molar-refractivity contribution in [1.29, 1.82) is 0 Å². The molecule has 1 N–H and O–H groups in total. The minimum atomic E-state index is -0.210. The van der Waals surface area contributed by atoms with Crippen molar-refractivity contribution < 1.29 is 4.39 Å². The van der Waals surface area contributed by atoms with Gasteiger partial charge in [-0.05, 0) is 50.6 Å². The Hall–Kier alpha value is -1.87. The summed E-state index contributed by atoms with van der Waals surface area (Å²) in [6, 6.07) is 15.0. The third kappa shape index (κ3) is 4.30. The van der Waals surface area contributed by atoms with E-state index in [0.717, 1.165) is 12.2 Å². The van der Waals surface area contributed by atoms with Gasteiger partial charge in [-0.25, -0.2) is 4.39 Å². The lowest BCUT2D eigenvalue weighted by Crippen LogP contribution is -2.35. The van der Waals surface area contributed by atoms with Gasteiger partial charge >= 0.3 is 0 Å². The molecule has 2 rings (SSSR count). The second-order valence-corrected chi connectivity index (χ2v) is 6.28. The Morgan fingerprint density at radius 2 is 1.62 bits per heavy atom. The molecule has 0 radical (unpaired) electrons. The third-order valence-electron chi connectivity index (χ3n) is 3.36. The van der Waals surface area contributed by atoms with E-state index in [2.05, 4.69) is 38.2 Å². The summed E-state index contributed by atoms with van der Waals surface area (Å²) < 4.78 is 13.8. The zero-order chi connectivity index (χ0) is 15.5. The summed E-state index contributed by atoms with van der Waals surface area (Å²) in [6.45, 7) is 7.27. The number of rotatable bonds is 4. The van der Waals surface area contributed by atoms with Crippen LogP contribution in [0.4, 0.5) is 15.8 Å². The van der Waals surface area contributed by atoms with E-state index in [1.165, 1.54) is 11.6 Å². The van der Waals surface area contributed by atoms with Crippen LogP contribution in [0.15, 0.2) is 48.5 Å². The normalized spacial score (nSPS) is 11.5. The summed E-state index contributed by atoms with van der Waals surface area (Å²) in [7, 11) is 1.88. The standard InChI is InChI=1S/C18H23FN2/c1-18(2,3)20-13-14-9-11-15(12-10-14)21(4)17-8-6-5-7-16(17)19/h5-12,20H,13H2,1-4H3. The third-order valence-corrected chi connectivity index (χ3v) is 3.36. The van der Waals surface area contributed by atoms with E-state index in [-0.39, 0.29) is 11.4 Å². The minimum Gasteiger partial charge on any atom is -0.342 e. The molecule has 2 aromatic carbocycles. The highest BCUT2D eigenvalue weighted by Crippen LogP contribution is 2.26. The second kappa shape index (κ2) is 6.27. The second-order valence-electron chi connectivity index (χ2n) is 6.28. The molecule has 2 aromatic rings. The van der Waals surface area contributed by atoms with Crippen molar-refractivity contribution in [3.63, 3.8) is 0 Å². The molecule has 0 amide bonds. The number of hydrogen-bond donors (Lipinski definition) is 1. The largest absolute Gasteiger partial charge is 0.342 e. The molecular weight excluding hydrogens is 263 g/mol. The van der Waals surface area contributed by atoms with Crippen molar-refractivity contribution in [3.8, 4) is 0 Å². The van der Waals surface area contributed by atoms with Crippen molar-refractivity contribution in [2.45, 2.75) is 32.9 Å². The molecule has 0 aliphatic carbocycles. The molecule has 0 atom stereocenters. The average molecular weight is 286 g/mol. The fourth-order valence-corrected chi connectivity index (χ4v) is 2.07. The summed E-state index contributed by atoms with van der Waals surface area (Å²) in [6.07, 6.45) is 0. The van der Waals surface area contributed by atoms with E-state index in [1.54, 1.807) is 12.1 Å². The van der Waals surface area contributed by atoms with Crippen molar-refractivity contribution in [2.24, 2.45) is 0 Å². The zero-order valence-corrected chi connectivity index (χ0v) is 13.2. The SMILES string of the molecule is CN(c1ccc(CNC(C)(C)C)cc1)c1ccccc1F. The highest BCUT2D eigenvalue weighted by molar-refractivity contribution is 5.63. The van der Waals surface area contributed by atoms with E-state index in [1.807, 2.05) is 30.1 Å². The van der Waals surface area contributed by atoms with Gasteiger partial charge in [0.15, 0.2) is 0 Å². The summed E-state index contributed by atoms with van der Waals surface area (Å²) in [5.41, 5.74) is 2.87. The Morgan fingerprint density at radius 1 is 1.00 bits per heavy atom. The van der Waals surface area contributed by atoms with Gasteiger partial charge in [-0.15, -0.1) is 0 Å². The smallest absolute Gasteiger partial charge is 0.146 e. The van der Waals surface area contributed by atoms with Crippen molar-refractivity contribution in [1.82, 2.24) is 5.32 Å². The summed E-state index contributed by atoms with van der Waals surface area (Å²) in [4.78, 5) is 1.86. The van der Waals surface area contributed by atoms with Crippen molar-refractivity contribution >= 4 is 11.4 Å². The molecule has 0 aromatic heterocycles. The minimum absolute atomic E-state index is 0.0998.